The number of aromatic nitrogens is 5. The number of carbonyl (C=O) groups excluding carboxylic acids is 1. The van der Waals surface area contributed by atoms with E-state index in [9.17, 15) is 15.0 Å². The molecule has 0 saturated heterocycles. The van der Waals surface area contributed by atoms with Crippen LogP contribution in [0.3, 0.4) is 0 Å². The Morgan fingerprint density at radius 2 is 2.00 bits per heavy atom. The second-order valence-corrected chi connectivity index (χ2v) is 7.39. The number of fused-ring (bicyclic) bond motifs is 1. The minimum Gasteiger partial charge on any atom is -0.438 e. The largest absolute Gasteiger partial charge is 0.438 e. The van der Waals surface area contributed by atoms with Gasteiger partial charge >= 0.3 is 0 Å². The summed E-state index contributed by atoms with van der Waals surface area (Å²) in [6.07, 6.45) is 2.96. The van der Waals surface area contributed by atoms with Gasteiger partial charge in [0.05, 0.1) is 24.1 Å². The van der Waals surface area contributed by atoms with Crippen LogP contribution in [0.15, 0.2) is 23.5 Å². The summed E-state index contributed by atoms with van der Waals surface area (Å²) < 4.78 is 6.85. The van der Waals surface area contributed by atoms with Crippen molar-refractivity contribution in [1.29, 1.82) is 0 Å². The van der Waals surface area contributed by atoms with E-state index in [0.717, 1.165) is 0 Å². The third-order valence-corrected chi connectivity index (χ3v) is 5.32. The van der Waals surface area contributed by atoms with Crippen molar-refractivity contribution in [3.8, 4) is 0 Å². The van der Waals surface area contributed by atoms with Gasteiger partial charge in [-0.15, -0.1) is 0 Å². The molecule has 4 atom stereocenters. The molecule has 1 amide bonds. The summed E-state index contributed by atoms with van der Waals surface area (Å²) >= 11 is 0. The van der Waals surface area contributed by atoms with Crippen LogP contribution in [-0.4, -0.2) is 73.0 Å². The van der Waals surface area contributed by atoms with Gasteiger partial charge in [-0.2, -0.15) is 0 Å². The topological polar surface area (TPSA) is 142 Å². The lowest BCUT2D eigenvalue weighted by atomic mass is 9.85. The highest BCUT2D eigenvalue weighted by Gasteiger charge is 2.40. The van der Waals surface area contributed by atoms with Crippen molar-refractivity contribution in [3.63, 3.8) is 0 Å². The Labute approximate surface area is 166 Å². The van der Waals surface area contributed by atoms with Gasteiger partial charge in [0.15, 0.2) is 23.4 Å². The number of aliphatic hydroxyl groups is 2. The minimum absolute atomic E-state index is 0.0994. The third kappa shape index (κ3) is 3.32. The molecule has 1 saturated carbocycles. The molecular weight excluding hydrogens is 378 g/mol. The molecule has 1 aliphatic rings. The third-order valence-electron chi connectivity index (χ3n) is 5.32. The SMILES string of the molecule is Cc1ncoc1C(=O)N[C@@H]1CC[C@@H](n2cnc3c(N(C)C)ncnc32)[C@@H](O)[C@@H]1O. The highest BCUT2D eigenvalue weighted by molar-refractivity contribution is 5.92. The lowest BCUT2D eigenvalue weighted by Crippen LogP contribution is -2.54. The summed E-state index contributed by atoms with van der Waals surface area (Å²) in [6.45, 7) is 1.66. The molecule has 154 valence electrons. The molecule has 11 heteroatoms. The molecule has 0 bridgehead atoms. The Balaban J connectivity index is 1.54. The lowest BCUT2D eigenvalue weighted by molar-refractivity contribution is -0.0554. The first-order chi connectivity index (χ1) is 13.9. The molecule has 3 N–H and O–H groups in total. The molecule has 3 aromatic rings. The van der Waals surface area contributed by atoms with Gasteiger partial charge in [-0.1, -0.05) is 0 Å². The van der Waals surface area contributed by atoms with Gasteiger partial charge in [-0.3, -0.25) is 4.79 Å². The van der Waals surface area contributed by atoms with Crippen LogP contribution in [-0.2, 0) is 0 Å². The Hall–Kier alpha value is -3.05. The molecule has 0 aromatic carbocycles. The number of nitrogens with zero attached hydrogens (tertiary/aromatic N) is 6. The average molecular weight is 401 g/mol. The maximum Gasteiger partial charge on any atom is 0.289 e. The zero-order valence-electron chi connectivity index (χ0n) is 16.3. The summed E-state index contributed by atoms with van der Waals surface area (Å²) in [4.78, 5) is 31.0. The molecule has 11 nitrogen and oxygen atoms in total. The fourth-order valence-corrected chi connectivity index (χ4v) is 3.78. The number of aryl methyl sites for hydroxylation is 1. The van der Waals surface area contributed by atoms with E-state index in [1.54, 1.807) is 17.8 Å². The van der Waals surface area contributed by atoms with Crippen molar-refractivity contribution < 1.29 is 19.4 Å². The average Bonchev–Trinajstić information content (AvgIpc) is 3.31. The monoisotopic (exact) mass is 401 g/mol. The first-order valence-corrected chi connectivity index (χ1v) is 9.30. The number of aliphatic hydroxyl groups excluding tert-OH is 2. The standard InChI is InChI=1S/C18H23N7O4/c1-9-15(29-8-22-9)18(28)23-10-4-5-11(14(27)13(10)26)25-7-21-12-16(24(2)3)19-6-20-17(12)25/h6-8,10-11,13-14,26-27H,4-5H2,1-3H3,(H,23,28)/t10-,11-,13-,14-/m1/s1. The number of oxazole rings is 1. The van der Waals surface area contributed by atoms with Crippen molar-refractivity contribution in [2.75, 3.05) is 19.0 Å². The maximum atomic E-state index is 12.4. The van der Waals surface area contributed by atoms with Crippen LogP contribution in [0.2, 0.25) is 0 Å². The van der Waals surface area contributed by atoms with Gasteiger partial charge in [0, 0.05) is 14.1 Å². The predicted octanol–water partition coefficient (Wildman–Crippen LogP) is 0.0440. The van der Waals surface area contributed by atoms with Gasteiger partial charge in [0.1, 0.15) is 18.5 Å². The molecule has 4 rings (SSSR count). The van der Waals surface area contributed by atoms with Crippen LogP contribution in [0.5, 0.6) is 0 Å². The van der Waals surface area contributed by atoms with Crippen LogP contribution in [0.25, 0.3) is 11.2 Å². The number of carbonyl (C=O) groups is 1. The Kier molecular flexibility index (Phi) is 4.92. The van der Waals surface area contributed by atoms with Crippen LogP contribution >= 0.6 is 0 Å². The molecule has 1 fully saturated rings. The van der Waals surface area contributed by atoms with Crippen molar-refractivity contribution in [3.05, 3.63) is 30.5 Å². The van der Waals surface area contributed by atoms with E-state index in [2.05, 4.69) is 25.3 Å². The molecule has 1 aliphatic carbocycles. The zero-order valence-corrected chi connectivity index (χ0v) is 16.3. The Morgan fingerprint density at radius 3 is 2.69 bits per heavy atom. The molecule has 0 aliphatic heterocycles. The van der Waals surface area contributed by atoms with E-state index >= 15 is 0 Å². The van der Waals surface area contributed by atoms with Crippen molar-refractivity contribution >= 4 is 22.9 Å². The van der Waals surface area contributed by atoms with Crippen LogP contribution in [0.1, 0.15) is 35.1 Å². The minimum atomic E-state index is -1.16. The van der Waals surface area contributed by atoms with E-state index in [0.29, 0.717) is 35.5 Å². The number of hydrogen-bond donors (Lipinski definition) is 3. The zero-order chi connectivity index (χ0) is 20.7. The second kappa shape index (κ2) is 7.41. The molecule has 3 aromatic heterocycles. The van der Waals surface area contributed by atoms with E-state index in [1.165, 1.54) is 12.7 Å². The summed E-state index contributed by atoms with van der Waals surface area (Å²) in [7, 11) is 3.73. The number of rotatable bonds is 4. The molecular formula is C18H23N7O4. The quantitative estimate of drug-likeness (QED) is 0.552. The normalized spacial score (nSPS) is 24.6. The lowest BCUT2D eigenvalue weighted by Gasteiger charge is -2.38. The van der Waals surface area contributed by atoms with E-state index < -0.39 is 30.2 Å². The summed E-state index contributed by atoms with van der Waals surface area (Å²) in [5.74, 6) is 0.306. The smallest absolute Gasteiger partial charge is 0.289 e. The van der Waals surface area contributed by atoms with Crippen molar-refractivity contribution in [2.45, 2.75) is 44.1 Å². The fourth-order valence-electron chi connectivity index (χ4n) is 3.78. The Morgan fingerprint density at radius 1 is 1.21 bits per heavy atom. The van der Waals surface area contributed by atoms with E-state index in [-0.39, 0.29) is 5.76 Å². The first-order valence-electron chi connectivity index (χ1n) is 9.30. The van der Waals surface area contributed by atoms with Crippen molar-refractivity contribution in [2.24, 2.45) is 0 Å². The number of anilines is 1. The molecule has 3 heterocycles. The van der Waals surface area contributed by atoms with Gasteiger partial charge in [-0.25, -0.2) is 19.9 Å². The van der Waals surface area contributed by atoms with Gasteiger partial charge in [-0.05, 0) is 19.8 Å². The van der Waals surface area contributed by atoms with Crippen LogP contribution < -0.4 is 10.2 Å². The van der Waals surface area contributed by atoms with Crippen molar-refractivity contribution in [1.82, 2.24) is 29.8 Å². The number of hydrogen-bond acceptors (Lipinski definition) is 9. The molecule has 0 spiro atoms. The van der Waals surface area contributed by atoms with Gasteiger partial charge < -0.3 is 29.4 Å². The Bertz CT molecular complexity index is 1030. The molecule has 0 unspecified atom stereocenters. The highest BCUT2D eigenvalue weighted by atomic mass is 16.4. The van der Waals surface area contributed by atoms with E-state index in [1.807, 2.05) is 19.0 Å². The number of imidazole rings is 1. The van der Waals surface area contributed by atoms with Crippen LogP contribution in [0, 0.1) is 6.92 Å². The van der Waals surface area contributed by atoms with Crippen LogP contribution in [0.4, 0.5) is 5.82 Å². The number of amides is 1. The molecule has 29 heavy (non-hydrogen) atoms. The van der Waals surface area contributed by atoms with Gasteiger partial charge in [0.2, 0.25) is 5.76 Å². The second-order valence-electron chi connectivity index (χ2n) is 7.39. The highest BCUT2D eigenvalue weighted by Crippen LogP contribution is 2.32. The maximum absolute atomic E-state index is 12.4. The first kappa shape index (κ1) is 19.3. The number of nitrogens with one attached hydrogen (secondary N) is 1. The predicted molar refractivity (Wildman–Crippen MR) is 102 cm³/mol. The summed E-state index contributed by atoms with van der Waals surface area (Å²) in [5, 5.41) is 24.2. The van der Waals surface area contributed by atoms with Gasteiger partial charge in [0.25, 0.3) is 5.91 Å². The summed E-state index contributed by atoms with van der Waals surface area (Å²) in [6, 6.07) is -1.04. The fraction of sp³-hybridized carbons (Fsp3) is 0.500. The van der Waals surface area contributed by atoms with E-state index in [4.69, 9.17) is 4.42 Å². The molecule has 0 radical (unpaired) electrons. The summed E-state index contributed by atoms with van der Waals surface area (Å²) in [5.41, 5.74) is 1.67.